The molecule has 3 heterocycles. The van der Waals surface area contributed by atoms with Crippen LogP contribution in [-0.2, 0) is 9.73 Å². The van der Waals surface area contributed by atoms with Crippen molar-refractivity contribution in [3.05, 3.63) is 42.2 Å². The molecule has 2 aliphatic rings. The summed E-state index contributed by atoms with van der Waals surface area (Å²) >= 11 is 0. The second-order valence-corrected chi connectivity index (χ2v) is 12.1. The van der Waals surface area contributed by atoms with Crippen LogP contribution in [0, 0.1) is 4.78 Å². The highest BCUT2D eigenvalue weighted by molar-refractivity contribution is 7.92. The van der Waals surface area contributed by atoms with Gasteiger partial charge in [-0.15, -0.1) is 0 Å². The number of methoxy groups -OCH3 is 1. The van der Waals surface area contributed by atoms with E-state index in [0.717, 1.165) is 25.8 Å². The Morgan fingerprint density at radius 1 is 1.23 bits per heavy atom. The topological polar surface area (TPSA) is 118 Å². The van der Waals surface area contributed by atoms with Crippen molar-refractivity contribution in [3.63, 3.8) is 0 Å². The number of hydrogen-bond donors (Lipinski definition) is 2. The number of halogens is 2. The number of benzene rings is 1. The van der Waals surface area contributed by atoms with Crippen molar-refractivity contribution in [1.82, 2.24) is 19.6 Å². The number of carbonyl (C=O) groups is 1. The number of carbonyl (C=O) groups excluding carboxylic acids is 1. The summed E-state index contributed by atoms with van der Waals surface area (Å²) in [6, 6.07) is 6.60. The fraction of sp³-hybridized carbons (Fsp3) is 0.462. The summed E-state index contributed by atoms with van der Waals surface area (Å²) in [6.45, 7) is -0.469. The molecule has 1 aliphatic heterocycles. The van der Waals surface area contributed by atoms with Crippen LogP contribution in [0.3, 0.4) is 0 Å². The first-order valence-corrected chi connectivity index (χ1v) is 14.7. The number of imidazole rings is 1. The molecule has 0 spiro atoms. The Hall–Kier alpha value is -3.45. The summed E-state index contributed by atoms with van der Waals surface area (Å²) in [4.78, 5) is 19.4. The molecule has 0 unspecified atom stereocenters. The molecule has 1 amide bonds. The second kappa shape index (κ2) is 11.3. The molecular weight excluding hydrogens is 532 g/mol. The van der Waals surface area contributed by atoms with Gasteiger partial charge in [-0.3, -0.25) is 14.0 Å². The van der Waals surface area contributed by atoms with E-state index in [1.54, 1.807) is 35.0 Å². The van der Waals surface area contributed by atoms with Crippen LogP contribution in [0.1, 0.15) is 29.6 Å². The van der Waals surface area contributed by atoms with Crippen LogP contribution >= 0.6 is 0 Å². The molecule has 1 saturated carbocycles. The number of nitrogens with zero attached hydrogens (tertiary/aromatic N) is 3. The molecule has 1 saturated heterocycles. The third-order valence-corrected chi connectivity index (χ3v) is 8.47. The molecule has 3 aromatic rings. The van der Waals surface area contributed by atoms with Gasteiger partial charge in [0.15, 0.2) is 0 Å². The minimum Gasteiger partial charge on any atom is -0.496 e. The van der Waals surface area contributed by atoms with E-state index in [2.05, 4.69) is 15.2 Å². The Bertz CT molecular complexity index is 1440. The summed E-state index contributed by atoms with van der Waals surface area (Å²) in [5.74, 6) is 0.808. The van der Waals surface area contributed by atoms with Gasteiger partial charge in [0.05, 0.1) is 25.6 Å². The quantitative estimate of drug-likeness (QED) is 0.342. The van der Waals surface area contributed by atoms with E-state index < -0.39 is 22.2 Å². The van der Waals surface area contributed by atoms with Crippen molar-refractivity contribution in [3.8, 4) is 28.5 Å². The lowest BCUT2D eigenvalue weighted by Gasteiger charge is -2.27. The lowest BCUT2D eigenvalue weighted by molar-refractivity contribution is -0.0502. The van der Waals surface area contributed by atoms with Crippen LogP contribution in [0.25, 0.3) is 16.9 Å². The molecular formula is C26H31F2N5O5S. The van der Waals surface area contributed by atoms with Gasteiger partial charge >= 0.3 is 6.61 Å². The van der Waals surface area contributed by atoms with Crippen molar-refractivity contribution in [2.45, 2.75) is 31.9 Å². The predicted octanol–water partition coefficient (Wildman–Crippen LogP) is 3.63. The Morgan fingerprint density at radius 2 is 1.97 bits per heavy atom. The average molecular weight is 564 g/mol. The molecule has 210 valence electrons. The number of alkyl halides is 2. The Balaban J connectivity index is 1.30. The maximum absolute atomic E-state index is 13.3. The third-order valence-electron chi connectivity index (χ3n) is 6.78. The first-order chi connectivity index (χ1) is 18.7. The van der Waals surface area contributed by atoms with Gasteiger partial charge in [-0.25, -0.2) is 9.19 Å². The second-order valence-electron chi connectivity index (χ2n) is 9.68. The minimum atomic E-state index is -3.12. The van der Waals surface area contributed by atoms with Crippen molar-refractivity contribution in [1.29, 1.82) is 4.78 Å². The largest absolute Gasteiger partial charge is 0.496 e. The molecule has 39 heavy (non-hydrogen) atoms. The maximum Gasteiger partial charge on any atom is 0.387 e. The highest BCUT2D eigenvalue weighted by Crippen LogP contribution is 2.37. The minimum absolute atomic E-state index is 0.0324. The normalized spacial score (nSPS) is 17.3. The molecule has 10 nitrogen and oxygen atoms in total. The van der Waals surface area contributed by atoms with Gasteiger partial charge in [0.2, 0.25) is 0 Å². The van der Waals surface area contributed by atoms with E-state index in [0.29, 0.717) is 53.9 Å². The number of amides is 1. The van der Waals surface area contributed by atoms with Crippen LogP contribution in [-0.4, -0.2) is 81.9 Å². The maximum atomic E-state index is 13.3. The molecule has 2 N–H and O–H groups in total. The number of pyridine rings is 1. The summed E-state index contributed by atoms with van der Waals surface area (Å²) < 4.78 is 63.8. The van der Waals surface area contributed by atoms with Gasteiger partial charge in [0, 0.05) is 64.7 Å². The summed E-state index contributed by atoms with van der Waals surface area (Å²) in [7, 11) is -1.02. The molecule has 1 aromatic carbocycles. The van der Waals surface area contributed by atoms with Gasteiger partial charge in [-0.05, 0) is 37.5 Å². The zero-order valence-corrected chi connectivity index (χ0v) is 22.3. The van der Waals surface area contributed by atoms with Gasteiger partial charge in [-0.1, -0.05) is 0 Å². The zero-order chi connectivity index (χ0) is 27.6. The van der Waals surface area contributed by atoms with Crippen LogP contribution in [0.2, 0.25) is 0 Å². The average Bonchev–Trinajstić information content (AvgIpc) is 3.61. The molecule has 13 heteroatoms. The number of nitrogens with one attached hydrogen (secondary N) is 2. The number of aromatic nitrogens is 2. The van der Waals surface area contributed by atoms with Crippen LogP contribution in [0.15, 0.2) is 36.7 Å². The summed E-state index contributed by atoms with van der Waals surface area (Å²) in [5.41, 5.74) is 1.61. The number of ether oxygens (including phenoxy) is 3. The van der Waals surface area contributed by atoms with E-state index in [1.807, 2.05) is 0 Å². The van der Waals surface area contributed by atoms with Gasteiger partial charge in [0.25, 0.3) is 5.91 Å². The smallest absolute Gasteiger partial charge is 0.387 e. The molecule has 2 aromatic heterocycles. The molecule has 1 aliphatic carbocycles. The number of rotatable bonds is 11. The van der Waals surface area contributed by atoms with E-state index in [4.69, 9.17) is 19.0 Å². The summed E-state index contributed by atoms with van der Waals surface area (Å²) in [5, 5.41) is 2.79. The van der Waals surface area contributed by atoms with Gasteiger partial charge < -0.3 is 24.4 Å². The van der Waals surface area contributed by atoms with Crippen LogP contribution < -0.4 is 19.5 Å². The van der Waals surface area contributed by atoms with Crippen molar-refractivity contribution in [2.75, 3.05) is 44.9 Å². The van der Waals surface area contributed by atoms with Gasteiger partial charge in [0.1, 0.15) is 28.5 Å². The lowest BCUT2D eigenvalue weighted by Crippen LogP contribution is -2.40. The molecule has 2 fully saturated rings. The molecule has 0 radical (unpaired) electrons. The highest BCUT2D eigenvalue weighted by Gasteiger charge is 2.29. The predicted molar refractivity (Wildman–Crippen MR) is 141 cm³/mol. The van der Waals surface area contributed by atoms with Crippen LogP contribution in [0.5, 0.6) is 17.2 Å². The van der Waals surface area contributed by atoms with E-state index in [1.165, 1.54) is 13.2 Å². The van der Waals surface area contributed by atoms with Crippen molar-refractivity contribution < 1.29 is 32.0 Å². The van der Waals surface area contributed by atoms with E-state index in [-0.39, 0.29) is 23.1 Å². The van der Waals surface area contributed by atoms with Crippen molar-refractivity contribution in [2.24, 2.45) is 0 Å². The SMILES string of the molecule is COc1cc(-c2cnc3cc(OCCCN4CCS(=N)(=O)CC4)ccn23)cc(OC(F)F)c1C(=O)NC1CC1. The Morgan fingerprint density at radius 3 is 2.67 bits per heavy atom. The molecule has 5 rings (SSSR count). The first kappa shape index (κ1) is 27.1. The third kappa shape index (κ3) is 6.59. The number of fused-ring (bicyclic) bond motifs is 1. The fourth-order valence-corrected chi connectivity index (χ4v) is 5.84. The standard InChI is InChI=1S/C26H31F2N5O5S/c1-36-21-13-17(14-22(38-26(27)28)24(21)25(34)31-18-3-4-18)20-16-30-23-15-19(5-7-33(20)23)37-10-2-6-32-8-11-39(29,35)12-9-32/h5,7,13-16,18,26,29H,2-4,6,8-12H2,1H3,(H,31,34). The van der Waals surface area contributed by atoms with E-state index >= 15 is 0 Å². The molecule has 0 atom stereocenters. The summed E-state index contributed by atoms with van der Waals surface area (Å²) in [6.07, 6.45) is 5.86. The van der Waals surface area contributed by atoms with Crippen molar-refractivity contribution >= 4 is 21.3 Å². The first-order valence-electron chi connectivity index (χ1n) is 12.8. The zero-order valence-electron chi connectivity index (χ0n) is 21.5. The molecule has 0 bridgehead atoms. The van der Waals surface area contributed by atoms with Crippen LogP contribution in [0.4, 0.5) is 8.78 Å². The lowest BCUT2D eigenvalue weighted by atomic mass is 10.1. The Kier molecular flexibility index (Phi) is 7.89. The van der Waals surface area contributed by atoms with Gasteiger partial charge in [-0.2, -0.15) is 8.78 Å². The fourth-order valence-electron chi connectivity index (χ4n) is 4.53. The Labute approximate surface area is 225 Å². The highest BCUT2D eigenvalue weighted by atomic mass is 32.2. The van der Waals surface area contributed by atoms with E-state index in [9.17, 15) is 17.8 Å². The number of hydrogen-bond acceptors (Lipinski definition) is 8. The monoisotopic (exact) mass is 563 g/mol.